The molecule has 0 aliphatic carbocycles. The van der Waals surface area contributed by atoms with E-state index in [0.717, 1.165) is 39.1 Å². The van der Waals surface area contributed by atoms with Crippen molar-refractivity contribution in [3.8, 4) is 0 Å². The Morgan fingerprint density at radius 1 is 1.60 bits per heavy atom. The van der Waals surface area contributed by atoms with Gasteiger partial charge in [-0.2, -0.15) is 0 Å². The number of amides is 1. The number of rotatable bonds is 8. The molecule has 0 saturated carbocycles. The van der Waals surface area contributed by atoms with Crippen LogP contribution in [0, 0.1) is 0 Å². The summed E-state index contributed by atoms with van der Waals surface area (Å²) in [5.74, 6) is 0.217. The van der Waals surface area contributed by atoms with Crippen molar-refractivity contribution >= 4 is 17.2 Å². The van der Waals surface area contributed by atoms with Gasteiger partial charge in [-0.25, -0.2) is 0 Å². The molecular formula is C15H24N2O2S. The summed E-state index contributed by atoms with van der Waals surface area (Å²) in [5, 5.41) is 5.27. The summed E-state index contributed by atoms with van der Waals surface area (Å²) < 4.78 is 5.67. The summed E-state index contributed by atoms with van der Waals surface area (Å²) in [6.45, 7) is 5.99. The zero-order valence-electron chi connectivity index (χ0n) is 12.1. The number of nitrogens with zero attached hydrogens (tertiary/aromatic N) is 1. The third-order valence-electron chi connectivity index (χ3n) is 3.49. The summed E-state index contributed by atoms with van der Waals surface area (Å²) in [7, 11) is 0. The van der Waals surface area contributed by atoms with Gasteiger partial charge in [0.15, 0.2) is 0 Å². The van der Waals surface area contributed by atoms with Crippen LogP contribution in [0.1, 0.15) is 31.1 Å². The standard InChI is InChI=1S/C15H24N2O2S/c1-2-16-8-7-15(18)17(11-13-5-3-9-19-13)12-14-6-4-10-20-14/h4,6,10,13,16H,2-3,5,7-9,11-12H2,1H3. The molecule has 1 saturated heterocycles. The van der Waals surface area contributed by atoms with E-state index in [2.05, 4.69) is 23.7 Å². The maximum absolute atomic E-state index is 12.4. The van der Waals surface area contributed by atoms with Crippen molar-refractivity contribution in [2.24, 2.45) is 0 Å². The minimum absolute atomic E-state index is 0.217. The van der Waals surface area contributed by atoms with Crippen molar-refractivity contribution in [1.82, 2.24) is 10.2 Å². The molecule has 4 nitrogen and oxygen atoms in total. The molecule has 2 heterocycles. The summed E-state index contributed by atoms with van der Waals surface area (Å²) in [4.78, 5) is 15.6. The zero-order valence-corrected chi connectivity index (χ0v) is 13.0. The van der Waals surface area contributed by atoms with Gasteiger partial charge in [0.25, 0.3) is 0 Å². The van der Waals surface area contributed by atoms with Crippen molar-refractivity contribution in [3.05, 3.63) is 22.4 Å². The van der Waals surface area contributed by atoms with Gasteiger partial charge in [0.05, 0.1) is 12.6 Å². The number of hydrogen-bond acceptors (Lipinski definition) is 4. The summed E-state index contributed by atoms with van der Waals surface area (Å²) in [6, 6.07) is 4.12. The van der Waals surface area contributed by atoms with Crippen LogP contribution in [-0.2, 0) is 16.1 Å². The fraction of sp³-hybridized carbons (Fsp3) is 0.667. The number of ether oxygens (including phenoxy) is 1. The molecule has 1 amide bonds. The average molecular weight is 296 g/mol. The molecular weight excluding hydrogens is 272 g/mol. The Bertz CT molecular complexity index is 389. The maximum atomic E-state index is 12.4. The Balaban J connectivity index is 1.89. The number of carbonyl (C=O) groups is 1. The first kappa shape index (κ1) is 15.5. The van der Waals surface area contributed by atoms with Gasteiger partial charge in [-0.3, -0.25) is 4.79 Å². The van der Waals surface area contributed by atoms with Crippen molar-refractivity contribution in [2.75, 3.05) is 26.2 Å². The molecule has 0 aromatic carbocycles. The first-order chi connectivity index (χ1) is 9.79. The van der Waals surface area contributed by atoms with Gasteiger partial charge >= 0.3 is 0 Å². The van der Waals surface area contributed by atoms with E-state index < -0.39 is 0 Å². The molecule has 5 heteroatoms. The van der Waals surface area contributed by atoms with Crippen LogP contribution in [0.2, 0.25) is 0 Å². The molecule has 112 valence electrons. The molecule has 1 unspecified atom stereocenters. The van der Waals surface area contributed by atoms with Crippen LogP contribution in [-0.4, -0.2) is 43.2 Å². The van der Waals surface area contributed by atoms with Crippen molar-refractivity contribution in [2.45, 2.75) is 38.8 Å². The van der Waals surface area contributed by atoms with Gasteiger partial charge in [-0.15, -0.1) is 11.3 Å². The normalized spacial score (nSPS) is 18.4. The van der Waals surface area contributed by atoms with Crippen LogP contribution in [0.25, 0.3) is 0 Å². The summed E-state index contributed by atoms with van der Waals surface area (Å²) in [5.41, 5.74) is 0. The highest BCUT2D eigenvalue weighted by molar-refractivity contribution is 7.09. The molecule has 20 heavy (non-hydrogen) atoms. The third-order valence-corrected chi connectivity index (χ3v) is 4.35. The van der Waals surface area contributed by atoms with Gasteiger partial charge in [0, 0.05) is 31.0 Å². The Hall–Kier alpha value is -0.910. The second-order valence-electron chi connectivity index (χ2n) is 5.09. The minimum atomic E-state index is 0.217. The molecule has 0 spiro atoms. The second kappa shape index (κ2) is 8.39. The first-order valence-corrected chi connectivity index (χ1v) is 8.30. The number of nitrogens with one attached hydrogen (secondary N) is 1. The van der Waals surface area contributed by atoms with Crippen LogP contribution in [0.15, 0.2) is 17.5 Å². The Labute approximate surface area is 125 Å². The molecule has 1 aliphatic heterocycles. The van der Waals surface area contributed by atoms with E-state index in [1.165, 1.54) is 4.88 Å². The molecule has 1 aliphatic rings. The molecule has 1 N–H and O–H groups in total. The quantitative estimate of drug-likeness (QED) is 0.748. The second-order valence-corrected chi connectivity index (χ2v) is 6.12. The molecule has 1 fully saturated rings. The first-order valence-electron chi connectivity index (χ1n) is 7.42. The van der Waals surface area contributed by atoms with Crippen LogP contribution in [0.4, 0.5) is 0 Å². The summed E-state index contributed by atoms with van der Waals surface area (Å²) >= 11 is 1.70. The largest absolute Gasteiger partial charge is 0.376 e. The van der Waals surface area contributed by atoms with E-state index in [1.807, 2.05) is 11.0 Å². The van der Waals surface area contributed by atoms with Crippen LogP contribution in [0.3, 0.4) is 0 Å². The Kier molecular flexibility index (Phi) is 6.50. The highest BCUT2D eigenvalue weighted by Gasteiger charge is 2.22. The van der Waals surface area contributed by atoms with Gasteiger partial charge in [0.1, 0.15) is 0 Å². The van der Waals surface area contributed by atoms with Crippen molar-refractivity contribution in [1.29, 1.82) is 0 Å². The van der Waals surface area contributed by atoms with Gasteiger partial charge in [-0.05, 0) is 30.8 Å². The lowest BCUT2D eigenvalue weighted by atomic mass is 10.2. The van der Waals surface area contributed by atoms with Crippen LogP contribution >= 0.6 is 11.3 Å². The maximum Gasteiger partial charge on any atom is 0.224 e. The number of thiophene rings is 1. The van der Waals surface area contributed by atoms with Gasteiger partial charge in [0.2, 0.25) is 5.91 Å². The highest BCUT2D eigenvalue weighted by Crippen LogP contribution is 2.17. The SMILES string of the molecule is CCNCCC(=O)N(Cc1cccs1)CC1CCCO1. The Morgan fingerprint density at radius 2 is 2.50 bits per heavy atom. The predicted molar refractivity (Wildman–Crippen MR) is 81.9 cm³/mol. The molecule has 2 rings (SSSR count). The zero-order chi connectivity index (χ0) is 14.2. The molecule has 1 aromatic heterocycles. The third kappa shape index (κ3) is 4.89. The van der Waals surface area contributed by atoms with E-state index in [-0.39, 0.29) is 12.0 Å². The molecule has 0 radical (unpaired) electrons. The van der Waals surface area contributed by atoms with Crippen LogP contribution < -0.4 is 5.32 Å². The average Bonchev–Trinajstić information content (AvgIpc) is 3.11. The Morgan fingerprint density at radius 3 is 3.15 bits per heavy atom. The van der Waals surface area contributed by atoms with E-state index in [1.54, 1.807) is 11.3 Å². The molecule has 1 aromatic rings. The lowest BCUT2D eigenvalue weighted by Gasteiger charge is -2.25. The fourth-order valence-corrected chi connectivity index (χ4v) is 3.13. The smallest absolute Gasteiger partial charge is 0.224 e. The van der Waals surface area contributed by atoms with Crippen LogP contribution in [0.5, 0.6) is 0 Å². The number of carbonyl (C=O) groups excluding carboxylic acids is 1. The van der Waals surface area contributed by atoms with Gasteiger partial charge in [-0.1, -0.05) is 13.0 Å². The number of hydrogen-bond donors (Lipinski definition) is 1. The fourth-order valence-electron chi connectivity index (χ4n) is 2.41. The van der Waals surface area contributed by atoms with Gasteiger partial charge < -0.3 is 15.0 Å². The lowest BCUT2D eigenvalue weighted by molar-refractivity contribution is -0.133. The van der Waals surface area contributed by atoms with E-state index in [4.69, 9.17) is 4.74 Å². The molecule has 1 atom stereocenters. The minimum Gasteiger partial charge on any atom is -0.376 e. The van der Waals surface area contributed by atoms with E-state index in [9.17, 15) is 4.79 Å². The lowest BCUT2D eigenvalue weighted by Crippen LogP contribution is -2.38. The monoisotopic (exact) mass is 296 g/mol. The highest BCUT2D eigenvalue weighted by atomic mass is 32.1. The van der Waals surface area contributed by atoms with Crippen molar-refractivity contribution < 1.29 is 9.53 Å². The molecule has 0 bridgehead atoms. The topological polar surface area (TPSA) is 41.6 Å². The predicted octanol–water partition coefficient (Wildman–Crippen LogP) is 2.26. The van der Waals surface area contributed by atoms with E-state index >= 15 is 0 Å². The van der Waals surface area contributed by atoms with E-state index in [0.29, 0.717) is 13.0 Å². The van der Waals surface area contributed by atoms with Crippen molar-refractivity contribution in [3.63, 3.8) is 0 Å². The summed E-state index contributed by atoms with van der Waals surface area (Å²) in [6.07, 6.45) is 2.97.